The Morgan fingerprint density at radius 1 is 1.46 bits per heavy atom. The third kappa shape index (κ3) is 4.16. The van der Waals surface area contributed by atoms with Crippen LogP contribution in [0, 0.1) is 17.1 Å². The third-order valence-corrected chi connectivity index (χ3v) is 3.53. The Morgan fingerprint density at radius 3 is 2.92 bits per heavy atom. The van der Waals surface area contributed by atoms with E-state index in [1.54, 1.807) is 23.0 Å². The van der Waals surface area contributed by atoms with Gasteiger partial charge in [-0.25, -0.2) is 0 Å². The minimum absolute atomic E-state index is 0.108. The van der Waals surface area contributed by atoms with Crippen molar-refractivity contribution in [1.29, 1.82) is 0 Å². The maximum atomic E-state index is 6.28. The summed E-state index contributed by atoms with van der Waals surface area (Å²) in [5.41, 5.74) is 0.738. The van der Waals surface area contributed by atoms with Crippen LogP contribution in [0.4, 0.5) is 0 Å². The Hall–Kier alpha value is -2.30. The molecule has 0 aliphatic rings. The number of aryl methyl sites for hydroxylation is 1. The van der Waals surface area contributed by atoms with Gasteiger partial charge in [-0.2, -0.15) is 14.9 Å². The maximum Gasteiger partial charge on any atom is 0.216 e. The van der Waals surface area contributed by atoms with Crippen LogP contribution in [0.1, 0.15) is 25.2 Å². The fourth-order valence-corrected chi connectivity index (χ4v) is 2.45. The second kappa shape index (κ2) is 8.52. The molecule has 0 spiro atoms. The van der Waals surface area contributed by atoms with Crippen LogP contribution >= 0.6 is 23.8 Å². The van der Waals surface area contributed by atoms with E-state index < -0.39 is 0 Å². The summed E-state index contributed by atoms with van der Waals surface area (Å²) in [5.74, 6) is 4.07. The molecule has 0 unspecified atom stereocenters. The lowest BCUT2D eigenvalue weighted by Crippen LogP contribution is -2.02. The van der Waals surface area contributed by atoms with Crippen molar-refractivity contribution in [2.45, 2.75) is 20.3 Å². The van der Waals surface area contributed by atoms with Crippen molar-refractivity contribution in [3.05, 3.63) is 33.3 Å². The quantitative estimate of drug-likeness (QED) is 0.464. The van der Waals surface area contributed by atoms with Crippen LogP contribution in [0.25, 0.3) is 0 Å². The van der Waals surface area contributed by atoms with Gasteiger partial charge in [0.1, 0.15) is 6.61 Å². The Labute approximate surface area is 150 Å². The van der Waals surface area contributed by atoms with E-state index in [0.717, 1.165) is 11.4 Å². The third-order valence-electron chi connectivity index (χ3n) is 2.99. The van der Waals surface area contributed by atoms with Gasteiger partial charge in [-0.05, 0) is 36.8 Å². The fourth-order valence-electron chi connectivity index (χ4n) is 1.98. The molecule has 2 aromatic rings. The minimum Gasteiger partial charge on any atom is -0.490 e. The summed E-state index contributed by atoms with van der Waals surface area (Å²) in [6.07, 6.45) is 7.55. The van der Waals surface area contributed by atoms with Crippen molar-refractivity contribution in [3.63, 3.8) is 0 Å². The van der Waals surface area contributed by atoms with Gasteiger partial charge in [0.25, 0.3) is 0 Å². The van der Waals surface area contributed by atoms with Gasteiger partial charge in [0, 0.05) is 6.42 Å². The summed E-state index contributed by atoms with van der Waals surface area (Å²) < 4.78 is 13.0. The summed E-state index contributed by atoms with van der Waals surface area (Å²) >= 11 is 11.4. The molecule has 1 aromatic heterocycles. The van der Waals surface area contributed by atoms with E-state index in [-0.39, 0.29) is 6.61 Å². The lowest BCUT2D eigenvalue weighted by molar-refractivity contribution is 0.299. The summed E-state index contributed by atoms with van der Waals surface area (Å²) in [5, 5.41) is 11.6. The highest BCUT2D eigenvalue weighted by molar-refractivity contribution is 7.71. The maximum absolute atomic E-state index is 6.28. The monoisotopic (exact) mass is 364 g/mol. The molecule has 0 atom stereocenters. The van der Waals surface area contributed by atoms with Gasteiger partial charge < -0.3 is 9.47 Å². The number of aromatic amines is 1. The predicted octanol–water partition coefficient (Wildman–Crippen LogP) is 3.45. The van der Waals surface area contributed by atoms with E-state index >= 15 is 0 Å². The van der Waals surface area contributed by atoms with E-state index in [2.05, 4.69) is 21.2 Å². The highest BCUT2D eigenvalue weighted by atomic mass is 35.5. The van der Waals surface area contributed by atoms with Crippen molar-refractivity contribution in [2.24, 2.45) is 5.10 Å². The van der Waals surface area contributed by atoms with Crippen LogP contribution in [0.5, 0.6) is 11.5 Å². The molecule has 0 bridgehead atoms. The SMILES string of the molecule is C#CCOc1c(Cl)cc(/C=N\n2c(CC)n[nH]c2=S)cc1OCC. The molecule has 2 rings (SSSR count). The van der Waals surface area contributed by atoms with E-state index in [0.29, 0.717) is 34.3 Å². The van der Waals surface area contributed by atoms with Crippen LogP contribution in [-0.2, 0) is 6.42 Å². The molecule has 1 heterocycles. The first-order chi connectivity index (χ1) is 11.6. The van der Waals surface area contributed by atoms with Gasteiger partial charge >= 0.3 is 0 Å². The Balaban J connectivity index is 2.37. The first-order valence-corrected chi connectivity index (χ1v) is 8.12. The van der Waals surface area contributed by atoms with Gasteiger partial charge in [-0.1, -0.05) is 24.4 Å². The molecule has 6 nitrogen and oxygen atoms in total. The first kappa shape index (κ1) is 18.0. The molecule has 0 saturated carbocycles. The van der Waals surface area contributed by atoms with Crippen molar-refractivity contribution < 1.29 is 9.47 Å². The number of terminal acetylenes is 1. The van der Waals surface area contributed by atoms with Gasteiger partial charge in [-0.3, -0.25) is 5.10 Å². The van der Waals surface area contributed by atoms with Gasteiger partial charge in [0.2, 0.25) is 4.77 Å². The normalized spacial score (nSPS) is 10.8. The number of nitrogens with zero attached hydrogens (tertiary/aromatic N) is 3. The number of rotatable bonds is 7. The number of H-pyrrole nitrogens is 1. The van der Waals surface area contributed by atoms with Gasteiger partial charge in [0.15, 0.2) is 17.3 Å². The zero-order valence-corrected chi connectivity index (χ0v) is 14.9. The van der Waals surface area contributed by atoms with Crippen LogP contribution in [0.2, 0.25) is 5.02 Å². The molecule has 0 saturated heterocycles. The standard InChI is InChI=1S/C16H17ClN4O2S/c1-4-7-23-15-12(17)8-11(9-13(15)22-6-3)10-18-21-14(5-2)19-20-16(21)24/h1,8-10H,5-7H2,2-3H3,(H,20,24)/b18-10-. The molecule has 1 aromatic carbocycles. The fraction of sp³-hybridized carbons (Fsp3) is 0.312. The molecule has 8 heteroatoms. The Morgan fingerprint density at radius 2 is 2.25 bits per heavy atom. The predicted molar refractivity (Wildman–Crippen MR) is 96.7 cm³/mol. The van der Waals surface area contributed by atoms with Crippen molar-refractivity contribution in [1.82, 2.24) is 14.9 Å². The largest absolute Gasteiger partial charge is 0.490 e. The van der Waals surface area contributed by atoms with Crippen LogP contribution in [-0.4, -0.2) is 34.3 Å². The summed E-state index contributed by atoms with van der Waals surface area (Å²) in [4.78, 5) is 0. The van der Waals surface area contributed by atoms with E-state index in [9.17, 15) is 0 Å². The molecule has 0 radical (unpaired) electrons. The number of benzene rings is 1. The van der Waals surface area contributed by atoms with Gasteiger partial charge in [-0.15, -0.1) is 6.42 Å². The summed E-state index contributed by atoms with van der Waals surface area (Å²) in [7, 11) is 0. The van der Waals surface area contributed by atoms with Crippen LogP contribution in [0.15, 0.2) is 17.2 Å². The van der Waals surface area contributed by atoms with Crippen molar-refractivity contribution in [2.75, 3.05) is 13.2 Å². The van der Waals surface area contributed by atoms with Gasteiger partial charge in [0.05, 0.1) is 17.8 Å². The molecule has 0 amide bonds. The topological polar surface area (TPSA) is 64.4 Å². The molecule has 0 fully saturated rings. The highest BCUT2D eigenvalue weighted by Gasteiger charge is 2.12. The molecule has 24 heavy (non-hydrogen) atoms. The number of hydrogen-bond donors (Lipinski definition) is 1. The summed E-state index contributed by atoms with van der Waals surface area (Å²) in [6.45, 7) is 4.42. The Kier molecular flexibility index (Phi) is 6.41. The molecule has 1 N–H and O–H groups in total. The molecule has 0 aliphatic carbocycles. The van der Waals surface area contributed by atoms with Crippen LogP contribution in [0.3, 0.4) is 0 Å². The first-order valence-electron chi connectivity index (χ1n) is 7.33. The number of nitrogens with one attached hydrogen (secondary N) is 1. The number of hydrogen-bond acceptors (Lipinski definition) is 5. The highest BCUT2D eigenvalue weighted by Crippen LogP contribution is 2.36. The average molecular weight is 365 g/mol. The van der Waals surface area contributed by atoms with E-state index in [4.69, 9.17) is 39.7 Å². The minimum atomic E-state index is 0.108. The zero-order valence-electron chi connectivity index (χ0n) is 13.4. The lowest BCUT2D eigenvalue weighted by Gasteiger charge is -2.12. The molecule has 126 valence electrons. The summed E-state index contributed by atoms with van der Waals surface area (Å²) in [6, 6.07) is 3.49. The molecular weight excluding hydrogens is 348 g/mol. The number of halogens is 1. The number of ether oxygens (including phenoxy) is 2. The van der Waals surface area contributed by atoms with Crippen molar-refractivity contribution in [3.8, 4) is 23.8 Å². The molecule has 0 aliphatic heterocycles. The Bertz CT molecular complexity index is 836. The smallest absolute Gasteiger partial charge is 0.216 e. The lowest BCUT2D eigenvalue weighted by atomic mass is 10.2. The number of aromatic nitrogens is 3. The molecular formula is C16H17ClN4O2S. The second-order valence-corrected chi connectivity index (χ2v) is 5.40. The van der Waals surface area contributed by atoms with E-state index in [1.165, 1.54) is 0 Å². The zero-order chi connectivity index (χ0) is 17.5. The van der Waals surface area contributed by atoms with Crippen molar-refractivity contribution >= 4 is 30.0 Å². The second-order valence-electron chi connectivity index (χ2n) is 4.61. The van der Waals surface area contributed by atoms with E-state index in [1.807, 2.05) is 13.8 Å². The van der Waals surface area contributed by atoms with Crippen LogP contribution < -0.4 is 9.47 Å². The average Bonchev–Trinajstić information content (AvgIpc) is 2.92.